The van der Waals surface area contributed by atoms with Gasteiger partial charge in [-0.25, -0.2) is 8.78 Å². The van der Waals surface area contributed by atoms with Gasteiger partial charge >= 0.3 is 0 Å². The van der Waals surface area contributed by atoms with Crippen LogP contribution in [0.15, 0.2) is 42.5 Å². The molecule has 4 rings (SSSR count). The third-order valence-electron chi connectivity index (χ3n) is 5.27. The zero-order valence-electron chi connectivity index (χ0n) is 15.2. The van der Waals surface area contributed by atoms with Crippen molar-refractivity contribution in [3.8, 4) is 5.75 Å². The Labute approximate surface area is 161 Å². The third-order valence-corrected chi connectivity index (χ3v) is 5.27. The Hall–Kier alpha value is -2.96. The van der Waals surface area contributed by atoms with Crippen LogP contribution in [-0.2, 0) is 11.2 Å². The number of nitrogens with zero attached hydrogens (tertiary/aromatic N) is 2. The summed E-state index contributed by atoms with van der Waals surface area (Å²) in [5.74, 6) is -1.77. The maximum Gasteiger partial charge on any atom is 0.254 e. The summed E-state index contributed by atoms with van der Waals surface area (Å²) in [7, 11) is 0. The van der Waals surface area contributed by atoms with Crippen LogP contribution in [-0.4, -0.2) is 54.4 Å². The van der Waals surface area contributed by atoms with E-state index in [1.54, 1.807) is 9.80 Å². The minimum absolute atomic E-state index is 0.0226. The van der Waals surface area contributed by atoms with Gasteiger partial charge in [0.1, 0.15) is 12.4 Å². The number of hydrogen-bond acceptors (Lipinski definition) is 3. The van der Waals surface area contributed by atoms with Crippen LogP contribution in [0.25, 0.3) is 0 Å². The van der Waals surface area contributed by atoms with Crippen molar-refractivity contribution in [1.29, 1.82) is 0 Å². The smallest absolute Gasteiger partial charge is 0.254 e. The summed E-state index contributed by atoms with van der Waals surface area (Å²) in [6, 6.07) is 10.8. The summed E-state index contributed by atoms with van der Waals surface area (Å²) in [6.07, 6.45) is 0.642. The van der Waals surface area contributed by atoms with E-state index in [1.165, 1.54) is 6.07 Å². The molecule has 1 fully saturated rings. The highest BCUT2D eigenvalue weighted by Gasteiger charge is 2.32. The first-order valence-electron chi connectivity index (χ1n) is 9.27. The maximum absolute atomic E-state index is 13.4. The lowest BCUT2D eigenvalue weighted by atomic mass is 9.95. The highest BCUT2D eigenvalue weighted by Crippen LogP contribution is 2.28. The number of hydrogen-bond donors (Lipinski definition) is 0. The van der Waals surface area contributed by atoms with Gasteiger partial charge in [-0.15, -0.1) is 0 Å². The number of carbonyl (C=O) groups is 2. The van der Waals surface area contributed by atoms with Crippen LogP contribution in [0.5, 0.6) is 5.75 Å². The van der Waals surface area contributed by atoms with E-state index in [0.29, 0.717) is 39.2 Å². The van der Waals surface area contributed by atoms with Gasteiger partial charge in [0.2, 0.25) is 5.91 Å². The van der Waals surface area contributed by atoms with Gasteiger partial charge in [0.05, 0.1) is 5.92 Å². The first-order chi connectivity index (χ1) is 13.5. The van der Waals surface area contributed by atoms with E-state index >= 15 is 0 Å². The number of ether oxygens (including phenoxy) is 1. The lowest BCUT2D eigenvalue weighted by Crippen LogP contribution is -2.53. The number of piperazine rings is 1. The third kappa shape index (κ3) is 3.56. The van der Waals surface area contributed by atoms with Gasteiger partial charge in [0, 0.05) is 31.7 Å². The van der Waals surface area contributed by atoms with Crippen molar-refractivity contribution in [3.63, 3.8) is 0 Å². The molecule has 5 nitrogen and oxygen atoms in total. The molecule has 2 heterocycles. The summed E-state index contributed by atoms with van der Waals surface area (Å²) in [4.78, 5) is 28.6. The van der Waals surface area contributed by atoms with Crippen molar-refractivity contribution < 1.29 is 23.1 Å². The molecular formula is C21H20F2N2O3. The Morgan fingerprint density at radius 2 is 1.64 bits per heavy atom. The topological polar surface area (TPSA) is 49.9 Å². The highest BCUT2D eigenvalue weighted by atomic mass is 19.2. The molecule has 2 aromatic rings. The second-order valence-corrected chi connectivity index (χ2v) is 7.07. The van der Waals surface area contributed by atoms with Crippen LogP contribution >= 0.6 is 0 Å². The van der Waals surface area contributed by atoms with Crippen LogP contribution in [0.4, 0.5) is 8.78 Å². The number of amides is 2. The average molecular weight is 386 g/mol. The molecular weight excluding hydrogens is 366 g/mol. The molecule has 0 N–H and O–H groups in total. The highest BCUT2D eigenvalue weighted by molar-refractivity contribution is 5.94. The Morgan fingerprint density at radius 1 is 0.929 bits per heavy atom. The van der Waals surface area contributed by atoms with Crippen LogP contribution in [0.1, 0.15) is 15.9 Å². The van der Waals surface area contributed by atoms with Crippen LogP contribution in [0.3, 0.4) is 0 Å². The number of rotatable bonds is 2. The summed E-state index contributed by atoms with van der Waals surface area (Å²) in [5, 5.41) is 0. The summed E-state index contributed by atoms with van der Waals surface area (Å²) < 4.78 is 32.1. The maximum atomic E-state index is 13.4. The fourth-order valence-corrected chi connectivity index (χ4v) is 3.69. The van der Waals surface area contributed by atoms with E-state index in [2.05, 4.69) is 0 Å². The van der Waals surface area contributed by atoms with Gasteiger partial charge in [-0.05, 0) is 36.2 Å². The van der Waals surface area contributed by atoms with Crippen molar-refractivity contribution in [2.24, 2.45) is 5.92 Å². The Balaban J connectivity index is 1.35. The van der Waals surface area contributed by atoms with Crippen molar-refractivity contribution in [2.75, 3.05) is 32.8 Å². The van der Waals surface area contributed by atoms with Crippen LogP contribution in [0, 0.1) is 17.6 Å². The SMILES string of the molecule is O=C(c1ccc(F)c(F)c1)N1CCN(C(=O)C2COc3ccccc3C2)CC1. The van der Waals surface area contributed by atoms with Gasteiger partial charge in [-0.2, -0.15) is 0 Å². The van der Waals surface area contributed by atoms with Gasteiger partial charge < -0.3 is 14.5 Å². The van der Waals surface area contributed by atoms with Gasteiger partial charge in [-0.3, -0.25) is 9.59 Å². The number of halogens is 2. The summed E-state index contributed by atoms with van der Waals surface area (Å²) >= 11 is 0. The molecule has 2 amide bonds. The molecule has 2 aliphatic rings. The van der Waals surface area contributed by atoms with Crippen molar-refractivity contribution in [2.45, 2.75) is 6.42 Å². The minimum Gasteiger partial charge on any atom is -0.492 e. The molecule has 1 unspecified atom stereocenters. The number of carbonyl (C=O) groups excluding carboxylic acids is 2. The Kier molecular flexibility index (Phi) is 4.98. The number of benzene rings is 2. The van der Waals surface area contributed by atoms with E-state index in [9.17, 15) is 18.4 Å². The summed E-state index contributed by atoms with van der Waals surface area (Å²) in [5.41, 5.74) is 1.13. The largest absolute Gasteiger partial charge is 0.492 e. The zero-order chi connectivity index (χ0) is 19.7. The van der Waals surface area contributed by atoms with Gasteiger partial charge in [0.25, 0.3) is 5.91 Å². The normalized spacial score (nSPS) is 19.0. The van der Waals surface area contributed by atoms with Crippen molar-refractivity contribution in [1.82, 2.24) is 9.80 Å². The zero-order valence-corrected chi connectivity index (χ0v) is 15.2. The average Bonchev–Trinajstić information content (AvgIpc) is 2.74. The lowest BCUT2D eigenvalue weighted by Gasteiger charge is -2.37. The fourth-order valence-electron chi connectivity index (χ4n) is 3.69. The second-order valence-electron chi connectivity index (χ2n) is 7.07. The molecule has 146 valence electrons. The molecule has 0 saturated carbocycles. The standard InChI is InChI=1S/C21H20F2N2O3/c22-17-6-5-15(12-18(17)23)20(26)24-7-9-25(10-8-24)21(27)16-11-14-3-1-2-4-19(14)28-13-16/h1-6,12,16H,7-11,13H2. The molecule has 2 aliphatic heterocycles. The molecule has 0 aromatic heterocycles. The molecule has 0 spiro atoms. The van der Waals surface area contributed by atoms with Crippen LogP contribution < -0.4 is 4.74 Å². The van der Waals surface area contributed by atoms with E-state index < -0.39 is 11.6 Å². The van der Waals surface area contributed by atoms with Crippen molar-refractivity contribution >= 4 is 11.8 Å². The first-order valence-corrected chi connectivity index (χ1v) is 9.27. The molecule has 28 heavy (non-hydrogen) atoms. The molecule has 0 bridgehead atoms. The minimum atomic E-state index is -1.04. The number of fused-ring (bicyclic) bond motifs is 1. The molecule has 0 aliphatic carbocycles. The van der Waals surface area contributed by atoms with Gasteiger partial charge in [0.15, 0.2) is 11.6 Å². The molecule has 7 heteroatoms. The molecule has 2 aromatic carbocycles. The monoisotopic (exact) mass is 386 g/mol. The Morgan fingerprint density at radius 3 is 2.39 bits per heavy atom. The second kappa shape index (κ2) is 7.58. The first kappa shape index (κ1) is 18.4. The van der Waals surface area contributed by atoms with Crippen molar-refractivity contribution in [3.05, 3.63) is 65.2 Å². The van der Waals surface area contributed by atoms with E-state index in [-0.39, 0.29) is 23.3 Å². The fraction of sp³-hybridized carbons (Fsp3) is 0.333. The number of para-hydroxylation sites is 1. The Bertz CT molecular complexity index is 910. The van der Waals surface area contributed by atoms with Crippen LogP contribution in [0.2, 0.25) is 0 Å². The molecule has 0 radical (unpaired) electrons. The predicted molar refractivity (Wildman–Crippen MR) is 98.0 cm³/mol. The lowest BCUT2D eigenvalue weighted by molar-refractivity contribution is -0.138. The predicted octanol–water partition coefficient (Wildman–Crippen LogP) is 2.50. The quantitative estimate of drug-likeness (QED) is 0.797. The van der Waals surface area contributed by atoms with E-state index in [4.69, 9.17) is 4.74 Å². The molecule has 1 saturated heterocycles. The summed E-state index contributed by atoms with van der Waals surface area (Å²) in [6.45, 7) is 1.88. The van der Waals surface area contributed by atoms with E-state index in [1.807, 2.05) is 24.3 Å². The molecule has 1 atom stereocenters. The van der Waals surface area contributed by atoms with E-state index in [0.717, 1.165) is 23.4 Å². The van der Waals surface area contributed by atoms with Gasteiger partial charge in [-0.1, -0.05) is 18.2 Å².